The van der Waals surface area contributed by atoms with Crippen molar-refractivity contribution in [2.45, 2.75) is 6.92 Å². The summed E-state index contributed by atoms with van der Waals surface area (Å²) in [6, 6.07) is 2.68. The number of aryl methyl sites for hydroxylation is 1. The molecular weight excluding hydrogens is 112 g/mol. The standard InChI is InChI=1S/C5H3ClO/c1-4-2-5(6)7-3-4/h1H3. The van der Waals surface area contributed by atoms with Crippen molar-refractivity contribution in [3.05, 3.63) is 23.1 Å². The molecule has 0 aliphatic rings. The first-order valence-corrected chi connectivity index (χ1v) is 2.23. The maximum absolute atomic E-state index is 5.31. The summed E-state index contributed by atoms with van der Waals surface area (Å²) in [6.45, 7) is 1.81. The molecule has 0 saturated heterocycles. The Morgan fingerprint density at radius 1 is 1.71 bits per heavy atom. The average Bonchev–Trinajstić information content (AvgIpc) is 1.87. The Balaban J connectivity index is 3.04. The number of hydrogen-bond donors (Lipinski definition) is 0. The fraction of sp³-hybridized carbons (Fsp3) is 0.200. The lowest BCUT2D eigenvalue weighted by atomic mass is 10.4. The molecule has 0 bridgehead atoms. The van der Waals surface area contributed by atoms with Crippen LogP contribution in [0.1, 0.15) is 5.56 Å². The van der Waals surface area contributed by atoms with E-state index >= 15 is 0 Å². The molecule has 1 nitrogen and oxygen atoms in total. The van der Waals surface area contributed by atoms with E-state index < -0.39 is 0 Å². The number of furan rings is 1. The highest BCUT2D eigenvalue weighted by Gasteiger charge is 1.91. The van der Waals surface area contributed by atoms with E-state index in [1.807, 2.05) is 6.92 Å². The summed E-state index contributed by atoms with van der Waals surface area (Å²) in [7, 11) is 0. The average molecular weight is 115 g/mol. The Labute approximate surface area is 46.9 Å². The van der Waals surface area contributed by atoms with Gasteiger partial charge in [0.2, 0.25) is 5.22 Å². The van der Waals surface area contributed by atoms with E-state index in [9.17, 15) is 0 Å². The first-order valence-electron chi connectivity index (χ1n) is 1.85. The van der Waals surface area contributed by atoms with Crippen LogP contribution in [0.5, 0.6) is 0 Å². The Kier molecular flexibility index (Phi) is 1.07. The molecule has 0 saturated carbocycles. The van der Waals surface area contributed by atoms with E-state index in [0.717, 1.165) is 5.56 Å². The minimum Gasteiger partial charge on any atom is -0.440 e. The second kappa shape index (κ2) is 1.58. The van der Waals surface area contributed by atoms with Gasteiger partial charge in [0.25, 0.3) is 0 Å². The highest BCUT2D eigenvalue weighted by Crippen LogP contribution is 2.08. The smallest absolute Gasteiger partial charge is 0.202 e. The van der Waals surface area contributed by atoms with Crippen LogP contribution in [0.2, 0.25) is 5.22 Å². The summed E-state index contributed by atoms with van der Waals surface area (Å²) in [5, 5.41) is 0.275. The molecular formula is C5H3ClO. The SMILES string of the molecule is Cc1[c]oc(Cl)[c]1. The molecule has 1 aromatic rings. The van der Waals surface area contributed by atoms with Gasteiger partial charge in [0, 0.05) is 11.6 Å². The third kappa shape index (κ3) is 0.967. The molecule has 1 heterocycles. The van der Waals surface area contributed by atoms with Crippen LogP contribution in [-0.2, 0) is 0 Å². The summed E-state index contributed by atoms with van der Waals surface area (Å²) in [4.78, 5) is 0. The van der Waals surface area contributed by atoms with Crippen molar-refractivity contribution in [2.75, 3.05) is 0 Å². The molecule has 0 amide bonds. The van der Waals surface area contributed by atoms with Gasteiger partial charge >= 0.3 is 0 Å². The van der Waals surface area contributed by atoms with E-state index in [-0.39, 0.29) is 5.22 Å². The quantitative estimate of drug-likeness (QED) is 0.502. The molecule has 7 heavy (non-hydrogen) atoms. The Hall–Kier alpha value is -0.430. The highest BCUT2D eigenvalue weighted by molar-refractivity contribution is 6.28. The zero-order valence-electron chi connectivity index (χ0n) is 3.79. The molecule has 0 unspecified atom stereocenters. The Morgan fingerprint density at radius 2 is 2.43 bits per heavy atom. The molecule has 1 rings (SSSR count). The van der Waals surface area contributed by atoms with Crippen molar-refractivity contribution >= 4 is 11.6 Å². The molecule has 2 radical (unpaired) electrons. The summed E-state index contributed by atoms with van der Waals surface area (Å²) >= 11 is 5.31. The minimum atomic E-state index is 0.275. The molecule has 0 aromatic carbocycles. The lowest BCUT2D eigenvalue weighted by molar-refractivity contribution is 0.558. The van der Waals surface area contributed by atoms with E-state index in [1.165, 1.54) is 0 Å². The van der Waals surface area contributed by atoms with Crippen LogP contribution in [0.25, 0.3) is 0 Å². The van der Waals surface area contributed by atoms with Crippen molar-refractivity contribution in [3.8, 4) is 0 Å². The molecule has 0 fully saturated rings. The van der Waals surface area contributed by atoms with Gasteiger partial charge in [-0.25, -0.2) is 0 Å². The molecule has 2 heteroatoms. The summed E-state index contributed by atoms with van der Waals surface area (Å²) in [5.74, 6) is 0. The van der Waals surface area contributed by atoms with Crippen LogP contribution in [0.15, 0.2) is 4.42 Å². The van der Waals surface area contributed by atoms with Crippen LogP contribution in [0, 0.1) is 19.3 Å². The Bertz CT molecular complexity index is 140. The second-order valence-electron chi connectivity index (χ2n) is 1.23. The van der Waals surface area contributed by atoms with Crippen molar-refractivity contribution < 1.29 is 4.42 Å². The maximum Gasteiger partial charge on any atom is 0.202 e. The zero-order valence-corrected chi connectivity index (χ0v) is 4.54. The number of halogens is 1. The fourth-order valence-electron chi connectivity index (χ4n) is 0.320. The first-order chi connectivity index (χ1) is 3.29. The summed E-state index contributed by atoms with van der Waals surface area (Å²) < 4.78 is 4.55. The molecule has 0 N–H and O–H groups in total. The molecule has 0 atom stereocenters. The maximum atomic E-state index is 5.31. The van der Waals surface area contributed by atoms with Gasteiger partial charge in [0.05, 0.1) is 0 Å². The van der Waals surface area contributed by atoms with E-state index in [0.29, 0.717) is 0 Å². The third-order valence-corrected chi connectivity index (χ3v) is 0.751. The normalized spacial score (nSPS) is 9.43. The van der Waals surface area contributed by atoms with E-state index in [1.54, 1.807) is 0 Å². The topological polar surface area (TPSA) is 13.1 Å². The van der Waals surface area contributed by atoms with Crippen LogP contribution >= 0.6 is 11.6 Å². The van der Waals surface area contributed by atoms with E-state index in [4.69, 9.17) is 11.6 Å². The predicted molar refractivity (Wildman–Crippen MR) is 26.1 cm³/mol. The van der Waals surface area contributed by atoms with Gasteiger partial charge in [-0.2, -0.15) is 0 Å². The molecule has 1 aromatic heterocycles. The Morgan fingerprint density at radius 3 is 2.57 bits per heavy atom. The zero-order chi connectivity index (χ0) is 5.28. The minimum absolute atomic E-state index is 0.275. The van der Waals surface area contributed by atoms with Gasteiger partial charge < -0.3 is 4.42 Å². The van der Waals surface area contributed by atoms with Crippen molar-refractivity contribution in [1.82, 2.24) is 0 Å². The van der Waals surface area contributed by atoms with Crippen LogP contribution in [0.4, 0.5) is 0 Å². The van der Waals surface area contributed by atoms with Gasteiger partial charge in [0.15, 0.2) is 6.26 Å². The van der Waals surface area contributed by atoms with E-state index in [2.05, 4.69) is 16.7 Å². The van der Waals surface area contributed by atoms with Crippen molar-refractivity contribution in [1.29, 1.82) is 0 Å². The van der Waals surface area contributed by atoms with Gasteiger partial charge in [-0.3, -0.25) is 0 Å². The molecule has 36 valence electrons. The molecule has 0 aliphatic heterocycles. The monoisotopic (exact) mass is 114 g/mol. The van der Waals surface area contributed by atoms with Gasteiger partial charge in [-0.05, 0) is 18.5 Å². The van der Waals surface area contributed by atoms with Crippen molar-refractivity contribution in [3.63, 3.8) is 0 Å². The van der Waals surface area contributed by atoms with Crippen LogP contribution < -0.4 is 0 Å². The van der Waals surface area contributed by atoms with Gasteiger partial charge in [-0.15, -0.1) is 0 Å². The second-order valence-corrected chi connectivity index (χ2v) is 1.57. The van der Waals surface area contributed by atoms with Crippen LogP contribution in [-0.4, -0.2) is 0 Å². The highest BCUT2D eigenvalue weighted by atomic mass is 35.5. The number of hydrogen-bond acceptors (Lipinski definition) is 1. The fourth-order valence-corrected chi connectivity index (χ4v) is 0.500. The lowest BCUT2D eigenvalue weighted by Crippen LogP contribution is -1.52. The summed E-state index contributed by atoms with van der Waals surface area (Å²) in [6.07, 6.45) is 2.51. The van der Waals surface area contributed by atoms with Crippen LogP contribution in [0.3, 0.4) is 0 Å². The largest absolute Gasteiger partial charge is 0.440 e. The number of rotatable bonds is 0. The molecule has 0 spiro atoms. The molecule has 0 aliphatic carbocycles. The third-order valence-electron chi connectivity index (χ3n) is 0.580. The lowest BCUT2D eigenvalue weighted by Gasteiger charge is -1.64. The predicted octanol–water partition coefficient (Wildman–Crippen LogP) is 1.84. The first kappa shape index (κ1) is 4.72. The summed E-state index contributed by atoms with van der Waals surface area (Å²) in [5.41, 5.74) is 0.810. The van der Waals surface area contributed by atoms with Gasteiger partial charge in [-0.1, -0.05) is 0 Å². The van der Waals surface area contributed by atoms with Gasteiger partial charge in [0.1, 0.15) is 0 Å². The van der Waals surface area contributed by atoms with Crippen molar-refractivity contribution in [2.24, 2.45) is 0 Å².